The number of para-hydroxylation sites is 2. The molecule has 29 heavy (non-hydrogen) atoms. The molecular formula is C20H20F3N4O2+. The smallest absolute Gasteiger partial charge is 0.321 e. The highest BCUT2D eigenvalue weighted by Gasteiger charge is 2.33. The van der Waals surface area contributed by atoms with Gasteiger partial charge in [-0.2, -0.15) is 13.2 Å². The second-order valence-electron chi connectivity index (χ2n) is 6.58. The maximum absolute atomic E-state index is 13.1. The van der Waals surface area contributed by atoms with Crippen LogP contribution in [0.4, 0.5) is 18.9 Å². The van der Waals surface area contributed by atoms with E-state index in [4.69, 9.17) is 0 Å². The van der Waals surface area contributed by atoms with Gasteiger partial charge in [0.05, 0.1) is 28.7 Å². The third-order valence-corrected chi connectivity index (χ3v) is 4.50. The van der Waals surface area contributed by atoms with Crippen LogP contribution in [-0.2, 0) is 17.5 Å². The summed E-state index contributed by atoms with van der Waals surface area (Å²) in [6.07, 6.45) is -4.56. The van der Waals surface area contributed by atoms with Gasteiger partial charge in [-0.3, -0.25) is 9.59 Å². The molecule has 1 amide bonds. The minimum atomic E-state index is -4.56. The number of benzene rings is 2. The number of carbonyl (C=O) groups excluding carboxylic acids is 1. The van der Waals surface area contributed by atoms with Crippen molar-refractivity contribution in [3.8, 4) is 0 Å². The molecule has 152 valence electrons. The summed E-state index contributed by atoms with van der Waals surface area (Å²) < 4.78 is 39.2. The van der Waals surface area contributed by atoms with E-state index in [-0.39, 0.29) is 24.3 Å². The Morgan fingerprint density at radius 1 is 1.14 bits per heavy atom. The Bertz CT molecular complexity index is 1080. The lowest BCUT2D eigenvalue weighted by atomic mass is 10.1. The number of aromatic amines is 1. The number of hydrogen-bond acceptors (Lipinski definition) is 3. The maximum Gasteiger partial charge on any atom is 0.418 e. The summed E-state index contributed by atoms with van der Waals surface area (Å²) in [6.45, 7) is 2.54. The third-order valence-electron chi connectivity index (χ3n) is 4.50. The van der Waals surface area contributed by atoms with Crippen molar-refractivity contribution in [3.05, 3.63) is 70.3 Å². The highest BCUT2D eigenvalue weighted by molar-refractivity contribution is 5.92. The van der Waals surface area contributed by atoms with Gasteiger partial charge in [-0.25, -0.2) is 4.98 Å². The van der Waals surface area contributed by atoms with E-state index >= 15 is 0 Å². The number of rotatable bonds is 6. The molecule has 0 spiro atoms. The SMILES string of the molecule is CC[NH+](CC(=O)Nc1ccccc1C(F)(F)F)Cc1nc2ccccc2c(=O)[nH]1. The van der Waals surface area contributed by atoms with E-state index in [1.165, 1.54) is 18.2 Å². The van der Waals surface area contributed by atoms with Gasteiger partial charge in [0.2, 0.25) is 0 Å². The van der Waals surface area contributed by atoms with Crippen LogP contribution < -0.4 is 15.8 Å². The van der Waals surface area contributed by atoms with E-state index in [0.717, 1.165) is 11.0 Å². The van der Waals surface area contributed by atoms with Crippen molar-refractivity contribution in [2.75, 3.05) is 18.4 Å². The Balaban J connectivity index is 1.72. The summed E-state index contributed by atoms with van der Waals surface area (Å²) in [5.74, 6) is -0.143. The highest BCUT2D eigenvalue weighted by Crippen LogP contribution is 2.34. The molecule has 3 N–H and O–H groups in total. The summed E-state index contributed by atoms with van der Waals surface area (Å²) in [6, 6.07) is 11.7. The van der Waals surface area contributed by atoms with Gasteiger partial charge < -0.3 is 15.2 Å². The lowest BCUT2D eigenvalue weighted by Crippen LogP contribution is -3.11. The number of nitrogens with one attached hydrogen (secondary N) is 3. The molecule has 1 unspecified atom stereocenters. The van der Waals surface area contributed by atoms with Crippen molar-refractivity contribution in [2.45, 2.75) is 19.6 Å². The van der Waals surface area contributed by atoms with Gasteiger partial charge in [0.1, 0.15) is 6.54 Å². The van der Waals surface area contributed by atoms with Crippen LogP contribution in [-0.4, -0.2) is 29.0 Å². The minimum absolute atomic E-state index is 0.0702. The topological polar surface area (TPSA) is 79.3 Å². The zero-order valence-corrected chi connectivity index (χ0v) is 15.6. The highest BCUT2D eigenvalue weighted by atomic mass is 19.4. The molecule has 0 aliphatic heterocycles. The first-order valence-electron chi connectivity index (χ1n) is 9.05. The van der Waals surface area contributed by atoms with Gasteiger partial charge in [-0.1, -0.05) is 24.3 Å². The van der Waals surface area contributed by atoms with Crippen LogP contribution in [0.25, 0.3) is 10.9 Å². The first-order chi connectivity index (χ1) is 13.8. The van der Waals surface area contributed by atoms with E-state index < -0.39 is 17.6 Å². The Morgan fingerprint density at radius 2 is 1.83 bits per heavy atom. The molecule has 3 aromatic rings. The lowest BCUT2D eigenvalue weighted by Gasteiger charge is -2.18. The van der Waals surface area contributed by atoms with Gasteiger partial charge in [0, 0.05) is 0 Å². The van der Waals surface area contributed by atoms with Crippen molar-refractivity contribution >= 4 is 22.5 Å². The van der Waals surface area contributed by atoms with E-state index in [1.54, 1.807) is 24.3 Å². The van der Waals surface area contributed by atoms with Gasteiger partial charge >= 0.3 is 6.18 Å². The number of halogens is 3. The van der Waals surface area contributed by atoms with Crippen molar-refractivity contribution < 1.29 is 22.9 Å². The molecule has 2 aromatic carbocycles. The molecule has 0 bridgehead atoms. The Hall–Kier alpha value is -3.20. The largest absolute Gasteiger partial charge is 0.418 e. The number of H-pyrrole nitrogens is 1. The fraction of sp³-hybridized carbons (Fsp3) is 0.250. The van der Waals surface area contributed by atoms with Gasteiger partial charge in [0.15, 0.2) is 12.4 Å². The molecular weight excluding hydrogens is 385 g/mol. The number of fused-ring (bicyclic) bond motifs is 1. The zero-order chi connectivity index (χ0) is 21.0. The first-order valence-corrected chi connectivity index (χ1v) is 9.05. The number of quaternary nitrogens is 1. The summed E-state index contributed by atoms with van der Waals surface area (Å²) in [7, 11) is 0. The summed E-state index contributed by atoms with van der Waals surface area (Å²) >= 11 is 0. The monoisotopic (exact) mass is 405 g/mol. The summed E-state index contributed by atoms with van der Waals surface area (Å²) in [5, 5.41) is 2.80. The third kappa shape index (κ3) is 5.00. The minimum Gasteiger partial charge on any atom is -0.321 e. The fourth-order valence-corrected chi connectivity index (χ4v) is 3.03. The number of likely N-dealkylation sites (N-methyl/N-ethyl adjacent to an activating group) is 1. The molecule has 0 saturated heterocycles. The summed E-state index contributed by atoms with van der Waals surface area (Å²) in [5.41, 5.74) is -0.903. The lowest BCUT2D eigenvalue weighted by molar-refractivity contribution is -0.904. The predicted molar refractivity (Wildman–Crippen MR) is 103 cm³/mol. The van der Waals surface area contributed by atoms with E-state index in [9.17, 15) is 22.8 Å². The normalized spacial score (nSPS) is 12.7. The van der Waals surface area contributed by atoms with Crippen molar-refractivity contribution in [1.29, 1.82) is 0 Å². The maximum atomic E-state index is 13.1. The van der Waals surface area contributed by atoms with Gasteiger partial charge in [0.25, 0.3) is 11.5 Å². The predicted octanol–water partition coefficient (Wildman–Crippen LogP) is 1.99. The first kappa shape index (κ1) is 20.5. The van der Waals surface area contributed by atoms with E-state index in [0.29, 0.717) is 23.3 Å². The number of carbonyl (C=O) groups is 1. The van der Waals surface area contributed by atoms with Crippen LogP contribution in [0.1, 0.15) is 18.3 Å². The number of nitrogens with zero attached hydrogens (tertiary/aromatic N) is 1. The number of hydrogen-bond donors (Lipinski definition) is 3. The number of alkyl halides is 3. The summed E-state index contributed by atoms with van der Waals surface area (Å²) in [4.78, 5) is 32.4. The molecule has 6 nitrogen and oxygen atoms in total. The van der Waals surface area contributed by atoms with Crippen LogP contribution in [0.3, 0.4) is 0 Å². The van der Waals surface area contributed by atoms with Crippen LogP contribution in [0, 0.1) is 0 Å². The van der Waals surface area contributed by atoms with Crippen LogP contribution in [0.2, 0.25) is 0 Å². The standard InChI is InChI=1S/C20H19F3N4O2/c1-2-27(11-17-24-15-9-5-3-7-13(15)19(29)26-17)12-18(28)25-16-10-6-4-8-14(16)20(21,22)23/h3-10H,2,11-12H2,1H3,(H,25,28)(H,24,26,29)/p+1. The number of anilines is 1. The average Bonchev–Trinajstić information content (AvgIpc) is 2.67. The van der Waals surface area contributed by atoms with E-state index in [2.05, 4.69) is 15.3 Å². The van der Waals surface area contributed by atoms with Crippen LogP contribution in [0.5, 0.6) is 0 Å². The number of amides is 1. The molecule has 0 radical (unpaired) electrons. The van der Waals surface area contributed by atoms with Crippen LogP contribution >= 0.6 is 0 Å². The molecule has 0 fully saturated rings. The number of aromatic nitrogens is 2. The molecule has 0 saturated carbocycles. The van der Waals surface area contributed by atoms with Crippen molar-refractivity contribution in [3.63, 3.8) is 0 Å². The molecule has 1 atom stereocenters. The van der Waals surface area contributed by atoms with Gasteiger partial charge in [-0.15, -0.1) is 0 Å². The molecule has 3 rings (SSSR count). The molecule has 1 aromatic heterocycles. The zero-order valence-electron chi connectivity index (χ0n) is 15.6. The Labute approximate surface area is 164 Å². The Morgan fingerprint density at radius 3 is 2.55 bits per heavy atom. The van der Waals surface area contributed by atoms with Crippen molar-refractivity contribution in [2.24, 2.45) is 0 Å². The molecule has 0 aliphatic rings. The quantitative estimate of drug-likeness (QED) is 0.587. The second-order valence-corrected chi connectivity index (χ2v) is 6.58. The molecule has 1 heterocycles. The Kier molecular flexibility index (Phi) is 5.97. The molecule has 0 aliphatic carbocycles. The molecule has 9 heteroatoms. The van der Waals surface area contributed by atoms with E-state index in [1.807, 2.05) is 6.92 Å². The van der Waals surface area contributed by atoms with Crippen molar-refractivity contribution in [1.82, 2.24) is 9.97 Å². The van der Waals surface area contributed by atoms with Crippen LogP contribution in [0.15, 0.2) is 53.3 Å². The second kappa shape index (κ2) is 8.44. The average molecular weight is 405 g/mol. The fourth-order valence-electron chi connectivity index (χ4n) is 3.03. The van der Waals surface area contributed by atoms with Gasteiger partial charge in [-0.05, 0) is 31.2 Å².